The van der Waals surface area contributed by atoms with E-state index >= 15 is 0 Å². The summed E-state index contributed by atoms with van der Waals surface area (Å²) in [6.45, 7) is 0.240. The number of carbonyl (C=O) groups excluding carboxylic acids is 1. The van der Waals surface area contributed by atoms with Gasteiger partial charge in [-0.3, -0.25) is 9.59 Å². The van der Waals surface area contributed by atoms with E-state index in [-0.39, 0.29) is 25.5 Å². The molecule has 1 amide bonds. The Morgan fingerprint density at radius 1 is 1.37 bits per heavy atom. The highest BCUT2D eigenvalue weighted by Crippen LogP contribution is 2.16. The van der Waals surface area contributed by atoms with Gasteiger partial charge in [-0.15, -0.1) is 0 Å². The Hall–Kier alpha value is -1.95. The molecule has 0 fully saturated rings. The van der Waals surface area contributed by atoms with E-state index in [4.69, 9.17) is 9.84 Å². The van der Waals surface area contributed by atoms with Crippen molar-refractivity contribution in [3.8, 4) is 0 Å². The predicted molar refractivity (Wildman–Crippen MR) is 66.3 cm³/mol. The summed E-state index contributed by atoms with van der Waals surface area (Å²) in [4.78, 5) is 22.5. The molecule has 0 heterocycles. The van der Waals surface area contributed by atoms with Gasteiger partial charge >= 0.3 is 5.97 Å². The molecule has 1 rings (SSSR count). The van der Waals surface area contributed by atoms with E-state index in [0.717, 1.165) is 0 Å². The highest BCUT2D eigenvalue weighted by molar-refractivity contribution is 5.79. The molecule has 0 aliphatic heterocycles. The molecule has 5 nitrogen and oxygen atoms in total. The average molecular weight is 269 g/mol. The fraction of sp³-hybridized carbons (Fsp3) is 0.385. The number of nitrogens with one attached hydrogen (secondary N) is 1. The molecule has 0 aromatic heterocycles. The number of ether oxygens (including phenoxy) is 1. The van der Waals surface area contributed by atoms with E-state index in [9.17, 15) is 14.0 Å². The molecule has 1 unspecified atom stereocenters. The lowest BCUT2D eigenvalue weighted by atomic mass is 9.99. The number of carboxylic acid groups (broad SMARTS) is 1. The zero-order valence-electron chi connectivity index (χ0n) is 10.6. The van der Waals surface area contributed by atoms with Gasteiger partial charge in [0.1, 0.15) is 5.82 Å². The Labute approximate surface area is 110 Å². The fourth-order valence-electron chi connectivity index (χ4n) is 1.54. The van der Waals surface area contributed by atoms with Crippen LogP contribution in [0.5, 0.6) is 0 Å². The van der Waals surface area contributed by atoms with Crippen LogP contribution in [0.15, 0.2) is 24.3 Å². The molecule has 0 spiro atoms. The second kappa shape index (κ2) is 7.48. The van der Waals surface area contributed by atoms with Crippen molar-refractivity contribution in [2.45, 2.75) is 12.3 Å². The minimum Gasteiger partial charge on any atom is -0.481 e. The molecule has 0 bridgehead atoms. The molecule has 0 saturated carbocycles. The van der Waals surface area contributed by atoms with E-state index in [2.05, 4.69) is 5.32 Å². The summed E-state index contributed by atoms with van der Waals surface area (Å²) in [6, 6.07) is 5.18. The van der Waals surface area contributed by atoms with Gasteiger partial charge in [-0.2, -0.15) is 0 Å². The van der Waals surface area contributed by atoms with Gasteiger partial charge < -0.3 is 15.2 Å². The van der Waals surface area contributed by atoms with Gasteiger partial charge in [0.15, 0.2) is 0 Å². The van der Waals surface area contributed by atoms with Crippen molar-refractivity contribution < 1.29 is 23.8 Å². The van der Waals surface area contributed by atoms with Crippen LogP contribution in [0.4, 0.5) is 4.39 Å². The molecule has 1 atom stereocenters. The van der Waals surface area contributed by atoms with Crippen molar-refractivity contribution in [3.63, 3.8) is 0 Å². The summed E-state index contributed by atoms with van der Waals surface area (Å²) >= 11 is 0. The van der Waals surface area contributed by atoms with Crippen molar-refractivity contribution in [2.24, 2.45) is 0 Å². The number of carboxylic acids is 1. The van der Waals surface area contributed by atoms with Crippen LogP contribution in [0.3, 0.4) is 0 Å². The largest absolute Gasteiger partial charge is 0.481 e. The number of methoxy groups -OCH3 is 1. The third kappa shape index (κ3) is 5.05. The van der Waals surface area contributed by atoms with Crippen molar-refractivity contribution in [1.82, 2.24) is 5.32 Å². The third-order valence-electron chi connectivity index (χ3n) is 2.61. The Balaban J connectivity index is 2.61. The Morgan fingerprint density at radius 3 is 2.53 bits per heavy atom. The molecule has 2 N–H and O–H groups in total. The van der Waals surface area contributed by atoms with Crippen LogP contribution < -0.4 is 5.32 Å². The number of halogens is 1. The first-order valence-corrected chi connectivity index (χ1v) is 5.78. The zero-order valence-corrected chi connectivity index (χ0v) is 10.6. The summed E-state index contributed by atoms with van der Waals surface area (Å²) < 4.78 is 17.5. The number of carbonyl (C=O) groups is 2. The SMILES string of the molecule is COCCC(=O)NCC(C(=O)O)c1ccc(F)cc1. The molecule has 0 aliphatic rings. The van der Waals surface area contributed by atoms with Crippen LogP contribution in [0.1, 0.15) is 17.9 Å². The van der Waals surface area contributed by atoms with Gasteiger partial charge in [-0.1, -0.05) is 12.1 Å². The third-order valence-corrected chi connectivity index (χ3v) is 2.61. The second-order valence-electron chi connectivity index (χ2n) is 3.99. The Morgan fingerprint density at radius 2 is 2.00 bits per heavy atom. The lowest BCUT2D eigenvalue weighted by Crippen LogP contribution is -2.32. The van der Waals surface area contributed by atoms with Crippen LogP contribution in [0, 0.1) is 5.82 Å². The maximum absolute atomic E-state index is 12.8. The molecular formula is C13H16FNO4. The van der Waals surface area contributed by atoms with Gasteiger partial charge in [0.2, 0.25) is 5.91 Å². The maximum Gasteiger partial charge on any atom is 0.312 e. The topological polar surface area (TPSA) is 75.6 Å². The lowest BCUT2D eigenvalue weighted by Gasteiger charge is -2.13. The summed E-state index contributed by atoms with van der Waals surface area (Å²) in [5, 5.41) is 11.6. The molecule has 0 aliphatic carbocycles. The number of hydrogen-bond acceptors (Lipinski definition) is 3. The zero-order chi connectivity index (χ0) is 14.3. The molecular weight excluding hydrogens is 253 g/mol. The molecule has 1 aromatic carbocycles. The van der Waals surface area contributed by atoms with E-state index in [1.54, 1.807) is 0 Å². The van der Waals surface area contributed by atoms with Gasteiger partial charge in [-0.05, 0) is 17.7 Å². The number of benzene rings is 1. The molecule has 0 saturated heterocycles. The maximum atomic E-state index is 12.8. The van der Waals surface area contributed by atoms with E-state index < -0.39 is 17.7 Å². The fourth-order valence-corrected chi connectivity index (χ4v) is 1.54. The van der Waals surface area contributed by atoms with E-state index in [0.29, 0.717) is 5.56 Å². The Kier molecular flexibility index (Phi) is 5.95. The summed E-state index contributed by atoms with van der Waals surface area (Å²) in [7, 11) is 1.48. The first-order chi connectivity index (χ1) is 9.04. The first kappa shape index (κ1) is 15.1. The van der Waals surface area contributed by atoms with Gasteiger partial charge in [0.05, 0.1) is 12.5 Å². The monoisotopic (exact) mass is 269 g/mol. The van der Waals surface area contributed by atoms with E-state index in [1.807, 2.05) is 0 Å². The Bertz CT molecular complexity index is 433. The lowest BCUT2D eigenvalue weighted by molar-refractivity contribution is -0.138. The second-order valence-corrected chi connectivity index (χ2v) is 3.99. The van der Waals surface area contributed by atoms with Gasteiger partial charge in [0, 0.05) is 20.1 Å². The highest BCUT2D eigenvalue weighted by atomic mass is 19.1. The van der Waals surface area contributed by atoms with Gasteiger partial charge in [0.25, 0.3) is 0 Å². The van der Waals surface area contributed by atoms with Crippen molar-refractivity contribution in [2.75, 3.05) is 20.3 Å². The molecule has 19 heavy (non-hydrogen) atoms. The highest BCUT2D eigenvalue weighted by Gasteiger charge is 2.20. The van der Waals surface area contributed by atoms with Crippen molar-refractivity contribution in [1.29, 1.82) is 0 Å². The number of amides is 1. The number of rotatable bonds is 7. The summed E-state index contributed by atoms with van der Waals surface area (Å²) in [5.41, 5.74) is 0.445. The normalized spacial score (nSPS) is 11.9. The first-order valence-electron chi connectivity index (χ1n) is 5.78. The quantitative estimate of drug-likeness (QED) is 0.778. The average Bonchev–Trinajstić information content (AvgIpc) is 2.38. The van der Waals surface area contributed by atoms with E-state index in [1.165, 1.54) is 31.4 Å². The number of aliphatic carboxylic acids is 1. The van der Waals surface area contributed by atoms with Crippen LogP contribution in [0.25, 0.3) is 0 Å². The standard InChI is InChI=1S/C13H16FNO4/c1-19-7-6-12(16)15-8-11(13(17)18)9-2-4-10(14)5-3-9/h2-5,11H,6-8H2,1H3,(H,15,16)(H,17,18). The minimum absolute atomic E-state index is 0.0382. The molecule has 1 aromatic rings. The summed E-state index contributed by atoms with van der Waals surface area (Å²) in [6.07, 6.45) is 0.173. The van der Waals surface area contributed by atoms with Crippen molar-refractivity contribution in [3.05, 3.63) is 35.6 Å². The number of hydrogen-bond donors (Lipinski definition) is 2. The molecule has 0 radical (unpaired) electrons. The van der Waals surface area contributed by atoms with Crippen LogP contribution in [-0.4, -0.2) is 37.2 Å². The molecule has 104 valence electrons. The minimum atomic E-state index is -1.07. The van der Waals surface area contributed by atoms with Crippen molar-refractivity contribution >= 4 is 11.9 Å². The summed E-state index contributed by atoms with van der Waals surface area (Å²) in [5.74, 6) is -2.68. The van der Waals surface area contributed by atoms with Crippen LogP contribution in [0.2, 0.25) is 0 Å². The predicted octanol–water partition coefficient (Wildman–Crippen LogP) is 1.15. The smallest absolute Gasteiger partial charge is 0.312 e. The van der Waals surface area contributed by atoms with Crippen LogP contribution in [-0.2, 0) is 14.3 Å². The van der Waals surface area contributed by atoms with Gasteiger partial charge in [-0.25, -0.2) is 4.39 Å². The molecule has 6 heteroatoms. The van der Waals surface area contributed by atoms with Crippen LogP contribution >= 0.6 is 0 Å².